The Bertz CT molecular complexity index is 1460. The van der Waals surface area contributed by atoms with Crippen molar-refractivity contribution in [2.45, 2.75) is 0 Å². The Hall–Kier alpha value is -4.51. The van der Waals surface area contributed by atoms with E-state index in [9.17, 15) is 4.79 Å². The van der Waals surface area contributed by atoms with E-state index in [2.05, 4.69) is 21.2 Å². The maximum absolute atomic E-state index is 13.2. The van der Waals surface area contributed by atoms with E-state index in [4.69, 9.17) is 37.9 Å². The van der Waals surface area contributed by atoms with Gasteiger partial charge in [0.25, 0.3) is 0 Å². The number of allylic oxidation sites excluding steroid dienone is 1. The van der Waals surface area contributed by atoms with Gasteiger partial charge >= 0.3 is 0 Å². The third-order valence-electron chi connectivity index (χ3n) is 6.21. The Morgan fingerprint density at radius 2 is 1.14 bits per heavy atom. The highest BCUT2D eigenvalue weighted by molar-refractivity contribution is 9.10. The van der Waals surface area contributed by atoms with Crippen LogP contribution >= 0.6 is 15.9 Å². The van der Waals surface area contributed by atoms with Crippen molar-refractivity contribution in [2.24, 2.45) is 0 Å². The normalized spacial score (nSPS) is 10.9. The van der Waals surface area contributed by atoms with Crippen LogP contribution in [0.4, 0.5) is 5.69 Å². The van der Waals surface area contributed by atoms with Gasteiger partial charge in [-0.15, -0.1) is 0 Å². The minimum Gasteiger partial charge on any atom is -0.493 e. The topological polar surface area (TPSA) is 103 Å². The molecule has 0 heterocycles. The van der Waals surface area contributed by atoms with Crippen molar-refractivity contribution in [3.63, 3.8) is 0 Å². The number of carbonyl (C=O) groups excluding carboxylic acids is 1. The summed E-state index contributed by atoms with van der Waals surface area (Å²) in [6.07, 6.45) is 6.71. The minimum absolute atomic E-state index is 0.302. The van der Waals surface area contributed by atoms with E-state index in [0.717, 1.165) is 11.1 Å². The molecule has 224 valence electrons. The zero-order valence-electron chi connectivity index (χ0n) is 24.7. The second-order valence-electron chi connectivity index (χ2n) is 8.44. The second kappa shape index (κ2) is 14.9. The lowest BCUT2D eigenvalue weighted by Gasteiger charge is -2.15. The van der Waals surface area contributed by atoms with E-state index in [-0.39, 0.29) is 5.78 Å². The smallest absolute Gasteiger partial charge is 0.204 e. The lowest BCUT2D eigenvalue weighted by Crippen LogP contribution is -2.03. The summed E-state index contributed by atoms with van der Waals surface area (Å²) in [4.78, 5) is 13.2. The number of ether oxygens (including phenoxy) is 8. The Kier molecular flexibility index (Phi) is 11.4. The summed E-state index contributed by atoms with van der Waals surface area (Å²) in [7, 11) is 12.3. The van der Waals surface area contributed by atoms with E-state index in [1.165, 1.54) is 33.6 Å². The van der Waals surface area contributed by atoms with Crippen LogP contribution in [-0.4, -0.2) is 62.7 Å². The molecule has 42 heavy (non-hydrogen) atoms. The maximum Gasteiger partial charge on any atom is 0.204 e. The SMILES string of the molecule is COc1cc(C=Cc2cc(OC)c(OC)c(OC)c2)c(NC=CC(=O)c2cc(OC)c(OC)c(OC)c2Br)cc1OC. The number of ketones is 1. The number of rotatable bonds is 14. The fourth-order valence-corrected chi connectivity index (χ4v) is 4.79. The van der Waals surface area contributed by atoms with E-state index in [0.29, 0.717) is 61.7 Å². The number of methoxy groups -OCH3 is 8. The van der Waals surface area contributed by atoms with Gasteiger partial charge in [0.2, 0.25) is 11.5 Å². The number of hydrogen-bond acceptors (Lipinski definition) is 10. The van der Waals surface area contributed by atoms with Crippen LogP contribution in [0.3, 0.4) is 0 Å². The summed E-state index contributed by atoms with van der Waals surface area (Å²) in [5, 5.41) is 3.18. The fraction of sp³-hybridized carbons (Fsp3) is 0.258. The Morgan fingerprint density at radius 3 is 1.67 bits per heavy atom. The van der Waals surface area contributed by atoms with E-state index >= 15 is 0 Å². The first kappa shape index (κ1) is 32.0. The monoisotopic (exact) mass is 643 g/mol. The van der Waals surface area contributed by atoms with Crippen LogP contribution in [0.15, 0.2) is 47.1 Å². The van der Waals surface area contributed by atoms with Gasteiger partial charge in [0.1, 0.15) is 0 Å². The molecule has 3 aromatic rings. The number of carbonyl (C=O) groups is 1. The van der Waals surface area contributed by atoms with Crippen molar-refractivity contribution in [1.82, 2.24) is 0 Å². The minimum atomic E-state index is -0.302. The van der Waals surface area contributed by atoms with Crippen molar-refractivity contribution in [3.8, 4) is 46.0 Å². The quantitative estimate of drug-likeness (QED) is 0.119. The molecule has 1 N–H and O–H groups in total. The van der Waals surface area contributed by atoms with Crippen LogP contribution in [-0.2, 0) is 0 Å². The molecule has 0 aliphatic rings. The van der Waals surface area contributed by atoms with Crippen molar-refractivity contribution >= 4 is 39.6 Å². The van der Waals surface area contributed by atoms with Gasteiger partial charge in [0.05, 0.1) is 61.4 Å². The highest BCUT2D eigenvalue weighted by atomic mass is 79.9. The van der Waals surface area contributed by atoms with Crippen LogP contribution in [0.5, 0.6) is 46.0 Å². The van der Waals surface area contributed by atoms with E-state index in [1.807, 2.05) is 30.4 Å². The molecule has 0 radical (unpaired) electrons. The Labute approximate surface area is 253 Å². The largest absolute Gasteiger partial charge is 0.493 e. The van der Waals surface area contributed by atoms with Gasteiger partial charge in [0.15, 0.2) is 40.3 Å². The molecule has 3 rings (SSSR count). The van der Waals surface area contributed by atoms with Gasteiger partial charge in [-0.05, 0) is 45.8 Å². The van der Waals surface area contributed by atoms with Gasteiger partial charge in [-0.2, -0.15) is 0 Å². The molecule has 0 amide bonds. The van der Waals surface area contributed by atoms with E-state index < -0.39 is 0 Å². The summed E-state index contributed by atoms with van der Waals surface area (Å²) in [6, 6.07) is 8.85. The molecule has 0 saturated heterocycles. The summed E-state index contributed by atoms with van der Waals surface area (Å²) in [6.45, 7) is 0. The van der Waals surface area contributed by atoms with Crippen molar-refractivity contribution < 1.29 is 42.7 Å². The van der Waals surface area contributed by atoms with Gasteiger partial charge < -0.3 is 43.2 Å². The van der Waals surface area contributed by atoms with Crippen molar-refractivity contribution in [2.75, 3.05) is 62.2 Å². The van der Waals surface area contributed by atoms with Crippen LogP contribution in [0.25, 0.3) is 12.2 Å². The van der Waals surface area contributed by atoms with Gasteiger partial charge in [-0.1, -0.05) is 12.2 Å². The molecule has 11 heteroatoms. The lowest BCUT2D eigenvalue weighted by molar-refractivity contribution is 0.104. The predicted molar refractivity (Wildman–Crippen MR) is 165 cm³/mol. The molecule has 0 spiro atoms. The second-order valence-corrected chi connectivity index (χ2v) is 9.23. The number of hydrogen-bond donors (Lipinski definition) is 1. The van der Waals surface area contributed by atoms with Crippen molar-refractivity contribution in [1.29, 1.82) is 0 Å². The molecule has 0 bridgehead atoms. The molecule has 0 atom stereocenters. The molecule has 3 aromatic carbocycles. The van der Waals surface area contributed by atoms with Crippen LogP contribution in [0.2, 0.25) is 0 Å². The van der Waals surface area contributed by atoms with Crippen molar-refractivity contribution in [3.05, 3.63) is 63.8 Å². The lowest BCUT2D eigenvalue weighted by atomic mass is 10.1. The van der Waals surface area contributed by atoms with Gasteiger partial charge in [-0.25, -0.2) is 0 Å². The molecular weight excluding hydrogens is 610 g/mol. The van der Waals surface area contributed by atoms with Crippen LogP contribution in [0, 0.1) is 0 Å². The van der Waals surface area contributed by atoms with Crippen LogP contribution < -0.4 is 43.2 Å². The summed E-state index contributed by atoms with van der Waals surface area (Å²) in [5.74, 6) is 3.39. The highest BCUT2D eigenvalue weighted by Crippen LogP contribution is 2.45. The Balaban J connectivity index is 1.98. The van der Waals surface area contributed by atoms with Crippen LogP contribution in [0.1, 0.15) is 21.5 Å². The first-order valence-electron chi connectivity index (χ1n) is 12.5. The van der Waals surface area contributed by atoms with E-state index in [1.54, 1.807) is 47.7 Å². The number of nitrogens with one attached hydrogen (secondary N) is 1. The Morgan fingerprint density at radius 1 is 0.619 bits per heavy atom. The molecule has 0 fully saturated rings. The van der Waals surface area contributed by atoms with Gasteiger partial charge in [0, 0.05) is 35.2 Å². The molecule has 10 nitrogen and oxygen atoms in total. The number of benzene rings is 3. The predicted octanol–water partition coefficient (Wildman–Crippen LogP) is 6.50. The third-order valence-corrected chi connectivity index (χ3v) is 6.99. The summed E-state index contributed by atoms with van der Waals surface area (Å²) in [5.41, 5.74) is 2.55. The molecular formula is C31H34BrNO9. The molecule has 0 aliphatic heterocycles. The number of halogens is 1. The van der Waals surface area contributed by atoms with Gasteiger partial charge in [-0.3, -0.25) is 4.79 Å². The highest BCUT2D eigenvalue weighted by Gasteiger charge is 2.22. The third kappa shape index (κ3) is 6.85. The molecule has 0 unspecified atom stereocenters. The number of anilines is 1. The molecule has 0 saturated carbocycles. The standard InChI is InChI=1S/C31H34BrNO9/c1-35-23-15-19(10-9-18-13-25(37-3)29(40-6)26(14-18)38-4)21(17-24(23)36-2)33-12-11-22(34)20-16-27(39-5)30(41-7)31(42-8)28(20)32/h9-17,33H,1-8H3. The zero-order valence-corrected chi connectivity index (χ0v) is 26.3. The zero-order chi connectivity index (χ0) is 30.8. The first-order valence-corrected chi connectivity index (χ1v) is 13.3. The fourth-order valence-electron chi connectivity index (χ4n) is 4.14. The summed E-state index contributed by atoms with van der Waals surface area (Å²) >= 11 is 3.45. The molecule has 0 aliphatic carbocycles. The molecule has 0 aromatic heterocycles. The first-order chi connectivity index (χ1) is 20.3. The average Bonchev–Trinajstić information content (AvgIpc) is 3.02. The average molecular weight is 645 g/mol. The maximum atomic E-state index is 13.2. The summed E-state index contributed by atoms with van der Waals surface area (Å²) < 4.78 is 44.0.